The molecule has 1 amide bonds. The van der Waals surface area contributed by atoms with Gasteiger partial charge in [-0.1, -0.05) is 64.5 Å². The van der Waals surface area contributed by atoms with Crippen molar-refractivity contribution in [2.75, 3.05) is 5.32 Å². The van der Waals surface area contributed by atoms with Crippen LogP contribution >= 0.6 is 15.9 Å². The van der Waals surface area contributed by atoms with Crippen molar-refractivity contribution in [2.45, 2.75) is 5.41 Å². The molecule has 5 aromatic rings. The molecule has 0 fully saturated rings. The molecule has 1 aliphatic heterocycles. The van der Waals surface area contributed by atoms with E-state index in [1.807, 2.05) is 72.8 Å². The number of anilines is 1. The van der Waals surface area contributed by atoms with E-state index in [9.17, 15) is 9.59 Å². The van der Waals surface area contributed by atoms with Crippen LogP contribution in [-0.2, 0) is 10.2 Å². The van der Waals surface area contributed by atoms with Gasteiger partial charge in [0.25, 0.3) is 0 Å². The number of para-hydroxylation sites is 1. The van der Waals surface area contributed by atoms with Gasteiger partial charge in [-0.15, -0.1) is 0 Å². The van der Waals surface area contributed by atoms with Gasteiger partial charge in [0.15, 0.2) is 0 Å². The van der Waals surface area contributed by atoms with Gasteiger partial charge in [-0.3, -0.25) is 4.79 Å². The summed E-state index contributed by atoms with van der Waals surface area (Å²) in [6.07, 6.45) is 1.81. The van der Waals surface area contributed by atoms with E-state index in [1.54, 1.807) is 6.20 Å². The van der Waals surface area contributed by atoms with Crippen LogP contribution in [0.3, 0.4) is 0 Å². The van der Waals surface area contributed by atoms with Crippen LogP contribution in [0.15, 0.2) is 92.8 Å². The van der Waals surface area contributed by atoms with E-state index in [4.69, 9.17) is 4.52 Å². The predicted molar refractivity (Wildman–Crippen MR) is 126 cm³/mol. The van der Waals surface area contributed by atoms with Crippen LogP contribution in [0.4, 0.5) is 5.69 Å². The lowest BCUT2D eigenvalue weighted by atomic mass is 9.69. The van der Waals surface area contributed by atoms with Crippen LogP contribution in [0.1, 0.15) is 16.7 Å². The second-order valence-electron chi connectivity index (χ2n) is 7.75. The molecule has 0 spiro atoms. The summed E-state index contributed by atoms with van der Waals surface area (Å²) in [7, 11) is 0. The number of carbonyl (C=O) groups is 1. The predicted octanol–water partition coefficient (Wildman–Crippen LogP) is 5.17. The number of nitrogens with one attached hydrogen (secondary N) is 3. The zero-order valence-electron chi connectivity index (χ0n) is 16.6. The van der Waals surface area contributed by atoms with Crippen molar-refractivity contribution in [1.29, 1.82) is 0 Å². The highest BCUT2D eigenvalue weighted by Crippen LogP contribution is 2.50. The van der Waals surface area contributed by atoms with Gasteiger partial charge in [0, 0.05) is 44.0 Å². The molecule has 0 saturated heterocycles. The topological polar surface area (TPSA) is 90.9 Å². The minimum absolute atomic E-state index is 0.257. The van der Waals surface area contributed by atoms with E-state index in [-0.39, 0.29) is 11.5 Å². The summed E-state index contributed by atoms with van der Waals surface area (Å²) in [4.78, 5) is 30.4. The number of carbonyl (C=O) groups excluding carboxylic acids is 1. The number of aromatic nitrogens is 2. The Balaban J connectivity index is 1.79. The number of aromatic amines is 2. The SMILES string of the molecule is O=C1Nc2ccccc2[C@]1(c1c(-c2ccccc2)[nH]oc1=O)c1c[nH]c2ccc(Br)cc12. The number of H-pyrrole nitrogens is 2. The van der Waals surface area contributed by atoms with Crippen LogP contribution in [0.2, 0.25) is 0 Å². The summed E-state index contributed by atoms with van der Waals surface area (Å²) in [5.41, 5.74) is 2.42. The number of rotatable bonds is 3. The van der Waals surface area contributed by atoms with Crippen LogP contribution in [0, 0.1) is 0 Å². The van der Waals surface area contributed by atoms with Gasteiger partial charge < -0.3 is 14.8 Å². The van der Waals surface area contributed by atoms with Crippen molar-refractivity contribution in [3.05, 3.63) is 111 Å². The van der Waals surface area contributed by atoms with Crippen LogP contribution < -0.4 is 10.9 Å². The molecule has 0 radical (unpaired) electrons. The smallest absolute Gasteiger partial charge is 0.361 e. The molecule has 6 nitrogen and oxygen atoms in total. The van der Waals surface area contributed by atoms with E-state index in [0.717, 1.165) is 20.9 Å². The highest BCUT2D eigenvalue weighted by molar-refractivity contribution is 9.10. The summed E-state index contributed by atoms with van der Waals surface area (Å²) in [5, 5.41) is 6.61. The molecule has 1 atom stereocenters. The van der Waals surface area contributed by atoms with Gasteiger partial charge in [-0.05, 0) is 24.3 Å². The normalized spacial score (nSPS) is 17.5. The average Bonchev–Trinajstić information content (AvgIpc) is 3.48. The summed E-state index contributed by atoms with van der Waals surface area (Å²) in [6, 6.07) is 22.7. The third-order valence-electron chi connectivity index (χ3n) is 6.11. The maximum absolute atomic E-state index is 13.9. The Bertz CT molecular complexity index is 1560. The molecule has 3 heterocycles. The Hall–Kier alpha value is -3.84. The molecule has 0 aliphatic carbocycles. The molecule has 6 rings (SSSR count). The van der Waals surface area contributed by atoms with Crippen molar-refractivity contribution >= 4 is 38.4 Å². The van der Waals surface area contributed by atoms with E-state index in [0.29, 0.717) is 22.5 Å². The molecule has 0 saturated carbocycles. The molecular weight excluding hydrogens is 470 g/mol. The fourth-order valence-electron chi connectivity index (χ4n) is 4.76. The van der Waals surface area contributed by atoms with Gasteiger partial charge in [0.05, 0.1) is 11.3 Å². The zero-order valence-corrected chi connectivity index (χ0v) is 18.2. The molecule has 0 unspecified atom stereocenters. The minimum atomic E-state index is -1.40. The van der Waals surface area contributed by atoms with Gasteiger partial charge in [0.2, 0.25) is 5.91 Å². The molecule has 7 heteroatoms. The van der Waals surface area contributed by atoms with Crippen molar-refractivity contribution in [3.8, 4) is 11.3 Å². The Labute approximate surface area is 190 Å². The maximum Gasteiger partial charge on any atom is 0.362 e. The summed E-state index contributed by atoms with van der Waals surface area (Å²) in [6.45, 7) is 0. The summed E-state index contributed by atoms with van der Waals surface area (Å²) in [5.74, 6) is -0.302. The van der Waals surface area contributed by atoms with Crippen molar-refractivity contribution in [2.24, 2.45) is 0 Å². The van der Waals surface area contributed by atoms with Gasteiger partial charge in [0.1, 0.15) is 5.41 Å². The Morgan fingerprint density at radius 3 is 2.50 bits per heavy atom. The lowest BCUT2D eigenvalue weighted by Gasteiger charge is -2.26. The van der Waals surface area contributed by atoms with E-state index in [1.165, 1.54) is 0 Å². The quantitative estimate of drug-likeness (QED) is 0.329. The second-order valence-corrected chi connectivity index (χ2v) is 8.67. The van der Waals surface area contributed by atoms with Crippen molar-refractivity contribution in [3.63, 3.8) is 0 Å². The number of hydrogen-bond acceptors (Lipinski definition) is 3. The molecule has 3 aromatic carbocycles. The molecule has 156 valence electrons. The monoisotopic (exact) mass is 485 g/mol. The number of amides is 1. The Morgan fingerprint density at radius 2 is 1.66 bits per heavy atom. The lowest BCUT2D eigenvalue weighted by molar-refractivity contribution is -0.118. The molecule has 3 N–H and O–H groups in total. The van der Waals surface area contributed by atoms with Crippen LogP contribution in [-0.4, -0.2) is 16.0 Å². The number of hydrogen-bond donors (Lipinski definition) is 3. The molecule has 2 aromatic heterocycles. The van der Waals surface area contributed by atoms with Gasteiger partial charge in [-0.2, -0.15) is 0 Å². The molecule has 32 heavy (non-hydrogen) atoms. The van der Waals surface area contributed by atoms with Crippen LogP contribution in [0.5, 0.6) is 0 Å². The minimum Gasteiger partial charge on any atom is -0.361 e. The molecule has 1 aliphatic rings. The largest absolute Gasteiger partial charge is 0.362 e. The summed E-state index contributed by atoms with van der Waals surface area (Å²) >= 11 is 3.54. The Morgan fingerprint density at radius 1 is 0.875 bits per heavy atom. The van der Waals surface area contributed by atoms with Crippen molar-refractivity contribution < 1.29 is 9.32 Å². The van der Waals surface area contributed by atoms with Crippen molar-refractivity contribution in [1.82, 2.24) is 10.1 Å². The highest BCUT2D eigenvalue weighted by atomic mass is 79.9. The Kier molecular flexibility index (Phi) is 4.03. The first-order valence-electron chi connectivity index (χ1n) is 10.1. The standard InChI is InChI=1S/C25H16BrN3O3/c26-15-10-11-19-16(12-15)18(13-27-19)25(17-8-4-5-9-20(17)28-24(25)31)21-22(29-32-23(21)30)14-6-2-1-3-7-14/h1-13,27,29H,(H,28,31)/t25-/m1/s1. The van der Waals surface area contributed by atoms with E-state index in [2.05, 4.69) is 31.4 Å². The molecular formula is C25H16BrN3O3. The molecule has 0 bridgehead atoms. The first kappa shape index (κ1) is 18.9. The third kappa shape index (κ3) is 2.45. The number of benzene rings is 3. The number of fused-ring (bicyclic) bond motifs is 2. The van der Waals surface area contributed by atoms with Gasteiger partial charge in [-0.25, -0.2) is 9.95 Å². The fourth-order valence-corrected chi connectivity index (χ4v) is 5.12. The van der Waals surface area contributed by atoms with Crippen LogP contribution in [0.25, 0.3) is 22.2 Å². The number of halogens is 1. The lowest BCUT2D eigenvalue weighted by Crippen LogP contribution is -2.40. The average molecular weight is 486 g/mol. The first-order valence-corrected chi connectivity index (χ1v) is 10.9. The third-order valence-corrected chi connectivity index (χ3v) is 6.60. The maximum atomic E-state index is 13.9. The van der Waals surface area contributed by atoms with E-state index < -0.39 is 11.0 Å². The highest BCUT2D eigenvalue weighted by Gasteiger charge is 2.54. The second kappa shape index (κ2) is 6.83. The first-order chi connectivity index (χ1) is 15.6. The van der Waals surface area contributed by atoms with Gasteiger partial charge >= 0.3 is 5.63 Å². The fraction of sp³-hybridized carbons (Fsp3) is 0.0400. The zero-order chi connectivity index (χ0) is 21.9. The summed E-state index contributed by atoms with van der Waals surface area (Å²) < 4.78 is 6.18. The van der Waals surface area contributed by atoms with E-state index >= 15 is 0 Å².